The summed E-state index contributed by atoms with van der Waals surface area (Å²) in [6, 6.07) is -1.35. The van der Waals surface area contributed by atoms with Crippen LogP contribution in [0.15, 0.2) is 12.4 Å². The predicted molar refractivity (Wildman–Crippen MR) is 63.3 cm³/mol. The third kappa shape index (κ3) is 1.80. The molecule has 0 spiro atoms. The van der Waals surface area contributed by atoms with Crippen molar-refractivity contribution in [3.63, 3.8) is 0 Å². The van der Waals surface area contributed by atoms with Crippen molar-refractivity contribution in [1.82, 2.24) is 14.7 Å². The quantitative estimate of drug-likeness (QED) is 0.746. The number of morpholine rings is 1. The monoisotopic (exact) mass is 279 g/mol. The minimum absolute atomic E-state index is 0.294. The van der Waals surface area contributed by atoms with Crippen molar-refractivity contribution < 1.29 is 24.2 Å². The van der Waals surface area contributed by atoms with E-state index in [9.17, 15) is 19.5 Å². The number of hydrogen-bond donors (Lipinski definition) is 1. The van der Waals surface area contributed by atoms with Crippen LogP contribution < -0.4 is 0 Å². The average Bonchev–Trinajstić information content (AvgIpc) is 2.99. The van der Waals surface area contributed by atoms with E-state index in [4.69, 9.17) is 4.74 Å². The number of hydrogen-bond acceptors (Lipinski definition) is 5. The number of rotatable bonds is 3. The number of carbonyl (C=O) groups is 3. The van der Waals surface area contributed by atoms with Gasteiger partial charge in [0.15, 0.2) is 6.04 Å². The van der Waals surface area contributed by atoms with Gasteiger partial charge in [0.1, 0.15) is 12.2 Å². The van der Waals surface area contributed by atoms with E-state index in [1.54, 1.807) is 7.05 Å². The Kier molecular flexibility index (Phi) is 2.82. The lowest BCUT2D eigenvalue weighted by atomic mass is 10.1. The van der Waals surface area contributed by atoms with Gasteiger partial charge in [0, 0.05) is 18.8 Å². The molecule has 2 amide bonds. The molecule has 3 atom stereocenters. The molecule has 0 aromatic carbocycles. The summed E-state index contributed by atoms with van der Waals surface area (Å²) in [4.78, 5) is 36.7. The summed E-state index contributed by atoms with van der Waals surface area (Å²) in [5.41, 5.74) is 0.294. The van der Waals surface area contributed by atoms with E-state index < -0.39 is 36.0 Å². The molecule has 3 rings (SSSR count). The van der Waals surface area contributed by atoms with Gasteiger partial charge in [-0.2, -0.15) is 5.10 Å². The first-order chi connectivity index (χ1) is 9.49. The number of carbonyl (C=O) groups excluding carboxylic acids is 2. The number of nitrogens with zero attached hydrogens (tertiary/aromatic N) is 3. The SMILES string of the molecule is Cn1cc(C(C(=O)O)N2C(=O)C3CCC(O3)C2=O)cn1. The van der Waals surface area contributed by atoms with Crippen molar-refractivity contribution in [2.75, 3.05) is 0 Å². The van der Waals surface area contributed by atoms with E-state index in [2.05, 4.69) is 5.10 Å². The number of likely N-dealkylation sites (tertiary alicyclic amines) is 1. The standard InChI is InChI=1S/C12H13N3O5/c1-14-5-6(4-13-14)9(12(18)19)15-10(16)7-2-3-8(20-7)11(15)17/h4-5,7-9H,2-3H2,1H3,(H,18,19). The lowest BCUT2D eigenvalue weighted by Gasteiger charge is -2.33. The van der Waals surface area contributed by atoms with Crippen LogP contribution in [-0.4, -0.2) is 49.8 Å². The van der Waals surface area contributed by atoms with E-state index in [1.165, 1.54) is 17.1 Å². The zero-order valence-electron chi connectivity index (χ0n) is 10.7. The fourth-order valence-electron chi connectivity index (χ4n) is 2.66. The van der Waals surface area contributed by atoms with Crippen molar-refractivity contribution in [2.45, 2.75) is 31.1 Å². The molecule has 106 valence electrons. The lowest BCUT2D eigenvalue weighted by Crippen LogP contribution is -2.54. The summed E-state index contributed by atoms with van der Waals surface area (Å²) in [6.45, 7) is 0. The summed E-state index contributed by atoms with van der Waals surface area (Å²) >= 11 is 0. The molecule has 0 aliphatic carbocycles. The molecule has 1 aromatic rings. The molecular weight excluding hydrogens is 266 g/mol. The summed E-state index contributed by atoms with van der Waals surface area (Å²) in [5.74, 6) is -2.43. The molecule has 3 unspecified atom stereocenters. The van der Waals surface area contributed by atoms with Gasteiger partial charge in [0.25, 0.3) is 11.8 Å². The maximum atomic E-state index is 12.2. The molecule has 8 nitrogen and oxygen atoms in total. The van der Waals surface area contributed by atoms with E-state index in [1.807, 2.05) is 0 Å². The molecule has 2 bridgehead atoms. The Bertz CT molecular complexity index is 574. The molecule has 2 aliphatic heterocycles. The van der Waals surface area contributed by atoms with Crippen LogP contribution in [0.3, 0.4) is 0 Å². The largest absolute Gasteiger partial charge is 0.479 e. The predicted octanol–water partition coefficient (Wildman–Crippen LogP) is -0.538. The Hall–Kier alpha value is -2.22. The molecule has 0 radical (unpaired) electrons. The Morgan fingerprint density at radius 3 is 2.45 bits per heavy atom. The van der Waals surface area contributed by atoms with Gasteiger partial charge in [0.05, 0.1) is 6.20 Å². The number of aryl methyl sites for hydroxylation is 1. The van der Waals surface area contributed by atoms with Gasteiger partial charge >= 0.3 is 5.97 Å². The third-order valence-electron chi connectivity index (χ3n) is 3.58. The minimum atomic E-state index is -1.35. The van der Waals surface area contributed by atoms with E-state index in [0.29, 0.717) is 18.4 Å². The molecule has 8 heteroatoms. The summed E-state index contributed by atoms with van der Waals surface area (Å²) < 4.78 is 6.69. The van der Waals surface area contributed by atoms with Gasteiger partial charge in [-0.05, 0) is 12.8 Å². The molecule has 1 aromatic heterocycles. The topological polar surface area (TPSA) is 102 Å². The van der Waals surface area contributed by atoms with Crippen molar-refractivity contribution in [3.8, 4) is 0 Å². The molecule has 20 heavy (non-hydrogen) atoms. The number of aliphatic carboxylic acids is 1. The number of carboxylic acids is 1. The average molecular weight is 279 g/mol. The molecule has 2 saturated heterocycles. The van der Waals surface area contributed by atoms with Crippen LogP contribution >= 0.6 is 0 Å². The fourth-order valence-corrected chi connectivity index (χ4v) is 2.66. The van der Waals surface area contributed by atoms with Crippen LogP contribution in [-0.2, 0) is 26.2 Å². The summed E-state index contributed by atoms with van der Waals surface area (Å²) in [5, 5.41) is 13.3. The first-order valence-electron chi connectivity index (χ1n) is 6.22. The number of aromatic nitrogens is 2. The van der Waals surface area contributed by atoms with Gasteiger partial charge in [-0.3, -0.25) is 19.2 Å². The maximum absolute atomic E-state index is 12.2. The van der Waals surface area contributed by atoms with Crippen LogP contribution in [0.1, 0.15) is 24.4 Å². The molecule has 0 saturated carbocycles. The highest BCUT2D eigenvalue weighted by atomic mass is 16.5. The maximum Gasteiger partial charge on any atom is 0.331 e. The van der Waals surface area contributed by atoms with Crippen molar-refractivity contribution in [1.29, 1.82) is 0 Å². The van der Waals surface area contributed by atoms with Crippen LogP contribution in [0.4, 0.5) is 0 Å². The van der Waals surface area contributed by atoms with Gasteiger partial charge < -0.3 is 9.84 Å². The summed E-state index contributed by atoms with van der Waals surface area (Å²) in [7, 11) is 1.63. The van der Waals surface area contributed by atoms with Crippen LogP contribution in [0.5, 0.6) is 0 Å². The van der Waals surface area contributed by atoms with Gasteiger partial charge in [-0.25, -0.2) is 4.79 Å². The molecule has 3 heterocycles. The van der Waals surface area contributed by atoms with Crippen molar-refractivity contribution in [3.05, 3.63) is 18.0 Å². The van der Waals surface area contributed by atoms with E-state index in [-0.39, 0.29) is 0 Å². The first kappa shape index (κ1) is 12.8. The van der Waals surface area contributed by atoms with Gasteiger partial charge in [-0.15, -0.1) is 0 Å². The molecule has 2 aliphatic rings. The number of imide groups is 1. The first-order valence-corrected chi connectivity index (χ1v) is 6.22. The normalized spacial score (nSPS) is 26.9. The van der Waals surface area contributed by atoms with Crippen LogP contribution in [0.2, 0.25) is 0 Å². The van der Waals surface area contributed by atoms with E-state index >= 15 is 0 Å². The number of amides is 2. The fraction of sp³-hybridized carbons (Fsp3) is 0.500. The third-order valence-corrected chi connectivity index (χ3v) is 3.58. The second-order valence-electron chi connectivity index (χ2n) is 4.93. The van der Waals surface area contributed by atoms with Crippen molar-refractivity contribution in [2.24, 2.45) is 7.05 Å². The van der Waals surface area contributed by atoms with Crippen LogP contribution in [0.25, 0.3) is 0 Å². The number of carboxylic acid groups (broad SMARTS) is 1. The van der Waals surface area contributed by atoms with Crippen molar-refractivity contribution >= 4 is 17.8 Å². The summed E-state index contributed by atoms with van der Waals surface area (Å²) in [6.07, 6.45) is 2.30. The van der Waals surface area contributed by atoms with Gasteiger partial charge in [0.2, 0.25) is 0 Å². The van der Waals surface area contributed by atoms with E-state index in [0.717, 1.165) is 4.90 Å². The van der Waals surface area contributed by atoms with Crippen LogP contribution in [0, 0.1) is 0 Å². The van der Waals surface area contributed by atoms with Gasteiger partial charge in [-0.1, -0.05) is 0 Å². The second kappa shape index (κ2) is 4.41. The Morgan fingerprint density at radius 1 is 1.40 bits per heavy atom. The Morgan fingerprint density at radius 2 is 2.00 bits per heavy atom. The highest BCUT2D eigenvalue weighted by Crippen LogP contribution is 2.33. The second-order valence-corrected chi connectivity index (χ2v) is 4.93. The Balaban J connectivity index is 2.01. The lowest BCUT2D eigenvalue weighted by molar-refractivity contribution is -0.176. The number of fused-ring (bicyclic) bond motifs is 2. The Labute approximate surface area is 113 Å². The molecule has 2 fully saturated rings. The molecule has 1 N–H and O–H groups in total. The zero-order valence-corrected chi connectivity index (χ0v) is 10.7. The zero-order chi connectivity index (χ0) is 14.4. The highest BCUT2D eigenvalue weighted by Gasteiger charge is 2.51. The minimum Gasteiger partial charge on any atom is -0.479 e. The smallest absolute Gasteiger partial charge is 0.331 e. The molecular formula is C12H13N3O5. The number of ether oxygens (including phenoxy) is 1. The highest BCUT2D eigenvalue weighted by molar-refractivity contribution is 6.05.